The molecule has 0 aliphatic rings. The van der Waals surface area contributed by atoms with Crippen LogP contribution in [0.3, 0.4) is 0 Å². The number of hydrazone groups is 1. The van der Waals surface area contributed by atoms with Crippen LogP contribution in [0.5, 0.6) is 0 Å². The number of thiazole rings is 1. The maximum atomic E-state index is 4.59. The van der Waals surface area contributed by atoms with E-state index in [2.05, 4.69) is 25.5 Å². The van der Waals surface area contributed by atoms with Gasteiger partial charge in [-0.1, -0.05) is 42.5 Å². The van der Waals surface area contributed by atoms with Gasteiger partial charge in [0.25, 0.3) is 0 Å². The summed E-state index contributed by atoms with van der Waals surface area (Å²) in [5.74, 6) is 0. The van der Waals surface area contributed by atoms with E-state index in [1.807, 2.05) is 66.9 Å². The summed E-state index contributed by atoms with van der Waals surface area (Å²) in [7, 11) is 0. The molecule has 2 heterocycles. The molecule has 0 aliphatic heterocycles. The molecule has 0 spiro atoms. The molecule has 2 aromatic carbocycles. The number of anilines is 1. The van der Waals surface area contributed by atoms with Gasteiger partial charge in [0.05, 0.1) is 28.6 Å². The lowest BCUT2D eigenvalue weighted by atomic mass is 10.2. The van der Waals surface area contributed by atoms with Crippen LogP contribution in [0.15, 0.2) is 71.3 Å². The van der Waals surface area contributed by atoms with Gasteiger partial charge in [-0.05, 0) is 19.1 Å². The van der Waals surface area contributed by atoms with Crippen molar-refractivity contribution in [3.63, 3.8) is 0 Å². The predicted octanol–water partition coefficient (Wildman–Crippen LogP) is 4.59. The molecule has 1 N–H and O–H groups in total. The lowest BCUT2D eigenvalue weighted by Crippen LogP contribution is -2.03. The highest BCUT2D eigenvalue weighted by atomic mass is 32.1. The van der Waals surface area contributed by atoms with Gasteiger partial charge in [-0.3, -0.25) is 10.4 Å². The SMILES string of the molecule is C/C(=N/Nc1nc(-c2ccccc2)cs1)c1cnc2ccccc2n1. The van der Waals surface area contributed by atoms with Crippen LogP contribution in [0.2, 0.25) is 0 Å². The normalized spacial score (nSPS) is 11.6. The van der Waals surface area contributed by atoms with Gasteiger partial charge in [0.2, 0.25) is 5.13 Å². The Labute approximate surface area is 149 Å². The van der Waals surface area contributed by atoms with Crippen LogP contribution in [0, 0.1) is 0 Å². The number of benzene rings is 2. The fourth-order valence-corrected chi connectivity index (χ4v) is 3.05. The number of aromatic nitrogens is 3. The van der Waals surface area contributed by atoms with Crippen LogP contribution >= 0.6 is 11.3 Å². The summed E-state index contributed by atoms with van der Waals surface area (Å²) in [6.07, 6.45) is 1.74. The third-order valence-electron chi connectivity index (χ3n) is 3.71. The van der Waals surface area contributed by atoms with Crippen LogP contribution in [0.25, 0.3) is 22.3 Å². The molecule has 4 aromatic rings. The van der Waals surface area contributed by atoms with E-state index in [4.69, 9.17) is 0 Å². The third-order valence-corrected chi connectivity index (χ3v) is 4.46. The Kier molecular flexibility index (Phi) is 4.18. The van der Waals surface area contributed by atoms with E-state index in [0.717, 1.165) is 38.8 Å². The van der Waals surface area contributed by atoms with Gasteiger partial charge in [-0.15, -0.1) is 11.3 Å². The van der Waals surface area contributed by atoms with Gasteiger partial charge in [0.1, 0.15) is 5.69 Å². The molecule has 0 bridgehead atoms. The molecule has 25 heavy (non-hydrogen) atoms. The topological polar surface area (TPSA) is 63.1 Å². The Morgan fingerprint density at radius 1 is 0.960 bits per heavy atom. The van der Waals surface area contributed by atoms with E-state index in [9.17, 15) is 0 Å². The zero-order valence-electron chi connectivity index (χ0n) is 13.5. The van der Waals surface area contributed by atoms with Crippen molar-refractivity contribution in [2.24, 2.45) is 5.10 Å². The molecule has 0 aliphatic carbocycles. The number of hydrogen-bond acceptors (Lipinski definition) is 6. The Balaban J connectivity index is 1.53. The zero-order chi connectivity index (χ0) is 17.1. The highest BCUT2D eigenvalue weighted by Crippen LogP contribution is 2.24. The molecule has 2 aromatic heterocycles. The van der Waals surface area contributed by atoms with Gasteiger partial charge >= 0.3 is 0 Å². The minimum absolute atomic E-state index is 0.742. The number of nitrogens with one attached hydrogen (secondary N) is 1. The molecule has 0 saturated heterocycles. The second-order valence-electron chi connectivity index (χ2n) is 5.46. The van der Waals surface area contributed by atoms with Crippen molar-refractivity contribution in [1.29, 1.82) is 0 Å². The molecular formula is C19H15N5S. The van der Waals surface area contributed by atoms with E-state index < -0.39 is 0 Å². The predicted molar refractivity (Wildman–Crippen MR) is 103 cm³/mol. The largest absolute Gasteiger partial charge is 0.252 e. The van der Waals surface area contributed by atoms with Crippen LogP contribution < -0.4 is 5.43 Å². The molecule has 0 amide bonds. The van der Waals surface area contributed by atoms with Crippen molar-refractivity contribution < 1.29 is 0 Å². The maximum absolute atomic E-state index is 4.59. The van der Waals surface area contributed by atoms with Crippen LogP contribution in [-0.2, 0) is 0 Å². The first-order valence-electron chi connectivity index (χ1n) is 7.83. The lowest BCUT2D eigenvalue weighted by molar-refractivity contribution is 1.22. The van der Waals surface area contributed by atoms with E-state index >= 15 is 0 Å². The molecule has 0 radical (unpaired) electrons. The van der Waals surface area contributed by atoms with Gasteiger partial charge in [0, 0.05) is 10.9 Å². The summed E-state index contributed by atoms with van der Waals surface area (Å²) in [6.45, 7) is 1.90. The van der Waals surface area contributed by atoms with Gasteiger partial charge < -0.3 is 0 Å². The van der Waals surface area contributed by atoms with Crippen molar-refractivity contribution in [1.82, 2.24) is 15.0 Å². The zero-order valence-corrected chi connectivity index (χ0v) is 14.4. The van der Waals surface area contributed by atoms with Gasteiger partial charge in [0.15, 0.2) is 0 Å². The first-order chi connectivity index (χ1) is 12.3. The summed E-state index contributed by atoms with van der Waals surface area (Å²) < 4.78 is 0. The minimum atomic E-state index is 0.742. The number of fused-ring (bicyclic) bond motifs is 1. The highest BCUT2D eigenvalue weighted by molar-refractivity contribution is 7.14. The second kappa shape index (κ2) is 6.78. The first-order valence-corrected chi connectivity index (χ1v) is 8.71. The lowest BCUT2D eigenvalue weighted by Gasteiger charge is -2.02. The quantitative estimate of drug-likeness (QED) is 0.434. The fourth-order valence-electron chi connectivity index (χ4n) is 2.39. The Hall–Kier alpha value is -3.12. The smallest absolute Gasteiger partial charge is 0.203 e. The highest BCUT2D eigenvalue weighted by Gasteiger charge is 2.05. The Bertz CT molecular complexity index is 1040. The number of para-hydroxylation sites is 2. The second-order valence-corrected chi connectivity index (χ2v) is 6.32. The Morgan fingerprint density at radius 3 is 2.56 bits per heavy atom. The molecule has 0 fully saturated rings. The summed E-state index contributed by atoms with van der Waals surface area (Å²) in [6, 6.07) is 17.9. The Morgan fingerprint density at radius 2 is 1.72 bits per heavy atom. The van der Waals surface area contributed by atoms with Crippen LogP contribution in [0.4, 0.5) is 5.13 Å². The van der Waals surface area contributed by atoms with Gasteiger partial charge in [-0.25, -0.2) is 9.97 Å². The summed E-state index contributed by atoms with van der Waals surface area (Å²) in [5, 5.41) is 7.15. The van der Waals surface area contributed by atoms with E-state index in [0.29, 0.717) is 0 Å². The van der Waals surface area contributed by atoms with E-state index in [1.165, 1.54) is 11.3 Å². The molecule has 5 nitrogen and oxygen atoms in total. The van der Waals surface area contributed by atoms with Crippen LogP contribution in [-0.4, -0.2) is 20.7 Å². The summed E-state index contributed by atoms with van der Waals surface area (Å²) in [5.41, 5.74) is 8.27. The van der Waals surface area contributed by atoms with Crippen molar-refractivity contribution in [3.05, 3.63) is 71.9 Å². The van der Waals surface area contributed by atoms with E-state index in [-0.39, 0.29) is 0 Å². The third kappa shape index (κ3) is 3.39. The molecule has 0 atom stereocenters. The molecule has 0 unspecified atom stereocenters. The van der Waals surface area contributed by atoms with Crippen molar-refractivity contribution in [2.45, 2.75) is 6.92 Å². The van der Waals surface area contributed by atoms with Crippen molar-refractivity contribution in [2.75, 3.05) is 5.43 Å². The van der Waals surface area contributed by atoms with Crippen molar-refractivity contribution >= 4 is 33.2 Å². The molecule has 4 rings (SSSR count). The molecule has 0 saturated carbocycles. The standard InChI is InChI=1S/C19H15N5S/c1-13(17-11-20-15-9-5-6-10-16(15)21-17)23-24-19-22-18(12-25-19)14-7-3-2-4-8-14/h2-12H,1H3,(H,22,24)/b23-13-. The number of nitrogens with zero attached hydrogens (tertiary/aromatic N) is 4. The first kappa shape index (κ1) is 15.4. The number of hydrogen-bond donors (Lipinski definition) is 1. The minimum Gasteiger partial charge on any atom is -0.252 e. The monoisotopic (exact) mass is 345 g/mol. The molecule has 122 valence electrons. The number of rotatable bonds is 4. The maximum Gasteiger partial charge on any atom is 0.203 e. The summed E-state index contributed by atoms with van der Waals surface area (Å²) in [4.78, 5) is 13.6. The fraction of sp³-hybridized carbons (Fsp3) is 0.0526. The van der Waals surface area contributed by atoms with Crippen LogP contribution in [0.1, 0.15) is 12.6 Å². The van der Waals surface area contributed by atoms with E-state index in [1.54, 1.807) is 6.20 Å². The molecule has 6 heteroatoms. The average molecular weight is 345 g/mol. The van der Waals surface area contributed by atoms with Crippen molar-refractivity contribution in [3.8, 4) is 11.3 Å². The molecular weight excluding hydrogens is 330 g/mol. The van der Waals surface area contributed by atoms with Gasteiger partial charge in [-0.2, -0.15) is 5.10 Å². The average Bonchev–Trinajstić information content (AvgIpc) is 3.15. The summed E-state index contributed by atoms with van der Waals surface area (Å²) >= 11 is 1.52.